The highest BCUT2D eigenvalue weighted by molar-refractivity contribution is 5.36. The van der Waals surface area contributed by atoms with Gasteiger partial charge in [-0.05, 0) is 46.2 Å². The molecule has 0 radical (unpaired) electrons. The Morgan fingerprint density at radius 3 is 2.62 bits per heavy atom. The van der Waals surface area contributed by atoms with Gasteiger partial charge in [0.1, 0.15) is 6.73 Å². The maximum atomic E-state index is 5.74. The Kier molecular flexibility index (Phi) is 2.66. The van der Waals surface area contributed by atoms with E-state index in [1.54, 1.807) is 0 Å². The molecule has 0 saturated carbocycles. The van der Waals surface area contributed by atoms with Crippen LogP contribution in [0.2, 0.25) is 0 Å². The van der Waals surface area contributed by atoms with Gasteiger partial charge < -0.3 is 4.74 Å². The summed E-state index contributed by atoms with van der Waals surface area (Å²) in [6.45, 7) is 12.3. The van der Waals surface area contributed by atoms with E-state index in [2.05, 4.69) is 43.6 Å². The lowest BCUT2D eigenvalue weighted by Crippen LogP contribution is -2.45. The van der Waals surface area contributed by atoms with E-state index in [9.17, 15) is 0 Å². The van der Waals surface area contributed by atoms with E-state index in [-0.39, 0.29) is 5.54 Å². The minimum atomic E-state index is 0.134. The Morgan fingerprint density at radius 2 is 2.00 bits per heavy atom. The van der Waals surface area contributed by atoms with E-state index in [1.807, 2.05) is 6.92 Å². The second kappa shape index (κ2) is 3.74. The molecule has 0 aliphatic carbocycles. The molecule has 0 saturated heterocycles. The Morgan fingerprint density at radius 1 is 1.31 bits per heavy atom. The number of ether oxygens (including phenoxy) is 1. The van der Waals surface area contributed by atoms with Crippen molar-refractivity contribution in [1.82, 2.24) is 9.88 Å². The minimum absolute atomic E-state index is 0.134. The summed E-state index contributed by atoms with van der Waals surface area (Å²) in [5.74, 6) is 0.818. The summed E-state index contributed by atoms with van der Waals surface area (Å²) in [6.07, 6.45) is 0. The van der Waals surface area contributed by atoms with Gasteiger partial charge in [0.25, 0.3) is 0 Å². The van der Waals surface area contributed by atoms with Gasteiger partial charge in [0.15, 0.2) is 0 Å². The molecule has 0 spiro atoms. The molecule has 0 N–H and O–H groups in total. The minimum Gasteiger partial charge on any atom is -0.461 e. The fourth-order valence-electron chi connectivity index (χ4n) is 1.95. The van der Waals surface area contributed by atoms with Crippen LogP contribution >= 0.6 is 0 Å². The normalized spacial score (nSPS) is 16.8. The molecule has 2 heterocycles. The Balaban J connectivity index is 2.34. The second-order valence-electron chi connectivity index (χ2n) is 5.51. The van der Waals surface area contributed by atoms with Crippen molar-refractivity contribution in [1.29, 1.82) is 0 Å². The second-order valence-corrected chi connectivity index (χ2v) is 5.51. The fraction of sp³-hybridized carbons (Fsp3) is 0.615. The van der Waals surface area contributed by atoms with Gasteiger partial charge in [0.2, 0.25) is 5.88 Å². The molecule has 3 heteroatoms. The van der Waals surface area contributed by atoms with Crippen molar-refractivity contribution in [2.75, 3.05) is 6.73 Å². The van der Waals surface area contributed by atoms with Gasteiger partial charge >= 0.3 is 0 Å². The summed E-state index contributed by atoms with van der Waals surface area (Å²) in [5.41, 5.74) is 3.67. The van der Waals surface area contributed by atoms with Gasteiger partial charge in [0.05, 0.1) is 0 Å². The highest BCUT2D eigenvalue weighted by Crippen LogP contribution is 2.29. The van der Waals surface area contributed by atoms with E-state index in [4.69, 9.17) is 4.74 Å². The van der Waals surface area contributed by atoms with E-state index in [0.29, 0.717) is 6.73 Å². The summed E-state index contributed by atoms with van der Waals surface area (Å²) in [6, 6.07) is 2.12. The average Bonchev–Trinajstić information content (AvgIpc) is 2.15. The number of aromatic nitrogens is 1. The predicted octanol–water partition coefficient (Wildman–Crippen LogP) is 2.65. The van der Waals surface area contributed by atoms with Crippen LogP contribution in [-0.4, -0.2) is 22.2 Å². The standard InChI is InChI=1S/C13H20N2O/c1-9-6-10(2)14-12-11(9)7-15(8-16-12)13(3,4)5/h6H,7-8H2,1-5H3. The third-order valence-corrected chi connectivity index (χ3v) is 3.09. The number of hydrogen-bond acceptors (Lipinski definition) is 3. The monoisotopic (exact) mass is 220 g/mol. The molecule has 1 aliphatic rings. The van der Waals surface area contributed by atoms with Crippen molar-refractivity contribution in [3.8, 4) is 5.88 Å². The molecule has 3 nitrogen and oxygen atoms in total. The SMILES string of the molecule is Cc1cc(C)c2c(n1)OCN(C(C)(C)C)C2. The number of aryl methyl sites for hydroxylation is 2. The molecular formula is C13H20N2O. The summed E-state index contributed by atoms with van der Waals surface area (Å²) in [5, 5.41) is 0. The van der Waals surface area contributed by atoms with Crippen molar-refractivity contribution < 1.29 is 4.74 Å². The van der Waals surface area contributed by atoms with Crippen LogP contribution in [0.1, 0.15) is 37.6 Å². The maximum Gasteiger partial charge on any atom is 0.219 e. The summed E-state index contributed by atoms with van der Waals surface area (Å²) < 4.78 is 5.74. The van der Waals surface area contributed by atoms with Gasteiger partial charge in [0, 0.05) is 23.3 Å². The molecule has 2 rings (SSSR count). The van der Waals surface area contributed by atoms with Crippen molar-refractivity contribution in [3.63, 3.8) is 0 Å². The van der Waals surface area contributed by atoms with Crippen molar-refractivity contribution in [2.45, 2.75) is 46.7 Å². The molecule has 1 aromatic heterocycles. The van der Waals surface area contributed by atoms with Crippen LogP contribution in [0.5, 0.6) is 5.88 Å². The zero-order chi connectivity index (χ0) is 11.9. The Labute approximate surface area is 97.4 Å². The van der Waals surface area contributed by atoms with Crippen LogP contribution in [0.3, 0.4) is 0 Å². The first-order valence-corrected chi connectivity index (χ1v) is 5.73. The molecule has 0 unspecified atom stereocenters. The molecule has 0 fully saturated rings. The molecule has 16 heavy (non-hydrogen) atoms. The lowest BCUT2D eigenvalue weighted by atomic mass is 10.0. The number of pyridine rings is 1. The quantitative estimate of drug-likeness (QED) is 0.672. The van der Waals surface area contributed by atoms with E-state index < -0.39 is 0 Å². The lowest BCUT2D eigenvalue weighted by molar-refractivity contribution is 0.0183. The largest absolute Gasteiger partial charge is 0.461 e. The summed E-state index contributed by atoms with van der Waals surface area (Å²) >= 11 is 0. The zero-order valence-electron chi connectivity index (χ0n) is 10.8. The number of nitrogens with zero attached hydrogens (tertiary/aromatic N) is 2. The zero-order valence-corrected chi connectivity index (χ0v) is 10.8. The third kappa shape index (κ3) is 2.05. The number of fused-ring (bicyclic) bond motifs is 1. The van der Waals surface area contributed by atoms with E-state index >= 15 is 0 Å². The van der Waals surface area contributed by atoms with Crippen LogP contribution in [-0.2, 0) is 6.54 Å². The van der Waals surface area contributed by atoms with Gasteiger partial charge in [-0.1, -0.05) is 0 Å². The first-order chi connectivity index (χ1) is 7.38. The maximum absolute atomic E-state index is 5.74. The van der Waals surface area contributed by atoms with Crippen LogP contribution in [0.15, 0.2) is 6.07 Å². The van der Waals surface area contributed by atoms with Crippen LogP contribution in [0.4, 0.5) is 0 Å². The molecule has 1 aliphatic heterocycles. The highest BCUT2D eigenvalue weighted by Gasteiger charge is 2.28. The molecule has 88 valence electrons. The van der Waals surface area contributed by atoms with Crippen LogP contribution in [0, 0.1) is 13.8 Å². The summed E-state index contributed by atoms with van der Waals surface area (Å²) in [7, 11) is 0. The predicted molar refractivity (Wildman–Crippen MR) is 64.5 cm³/mol. The topological polar surface area (TPSA) is 25.4 Å². The van der Waals surface area contributed by atoms with E-state index in [0.717, 1.165) is 18.1 Å². The molecule has 0 aromatic carbocycles. The third-order valence-electron chi connectivity index (χ3n) is 3.09. The van der Waals surface area contributed by atoms with Crippen molar-refractivity contribution >= 4 is 0 Å². The summed E-state index contributed by atoms with van der Waals surface area (Å²) in [4.78, 5) is 6.76. The lowest BCUT2D eigenvalue weighted by Gasteiger charge is -2.38. The Bertz CT molecular complexity index is 407. The number of rotatable bonds is 0. The van der Waals surface area contributed by atoms with E-state index in [1.165, 1.54) is 11.1 Å². The van der Waals surface area contributed by atoms with Gasteiger partial charge in [-0.2, -0.15) is 0 Å². The van der Waals surface area contributed by atoms with Gasteiger partial charge in [-0.25, -0.2) is 4.98 Å². The average molecular weight is 220 g/mol. The fourth-order valence-corrected chi connectivity index (χ4v) is 1.95. The Hall–Kier alpha value is -1.09. The van der Waals surface area contributed by atoms with Gasteiger partial charge in [-0.3, -0.25) is 4.90 Å². The number of hydrogen-bond donors (Lipinski definition) is 0. The molecule has 0 amide bonds. The van der Waals surface area contributed by atoms with Crippen molar-refractivity contribution in [2.24, 2.45) is 0 Å². The smallest absolute Gasteiger partial charge is 0.219 e. The van der Waals surface area contributed by atoms with Crippen molar-refractivity contribution in [3.05, 3.63) is 22.9 Å². The van der Waals surface area contributed by atoms with Crippen LogP contribution < -0.4 is 4.74 Å². The molecule has 1 aromatic rings. The molecular weight excluding hydrogens is 200 g/mol. The molecule has 0 bridgehead atoms. The van der Waals surface area contributed by atoms with Crippen LogP contribution in [0.25, 0.3) is 0 Å². The first-order valence-electron chi connectivity index (χ1n) is 5.73. The highest BCUT2D eigenvalue weighted by atomic mass is 16.5. The molecule has 0 atom stereocenters. The van der Waals surface area contributed by atoms with Gasteiger partial charge in [-0.15, -0.1) is 0 Å². The first kappa shape index (κ1) is 11.4.